The van der Waals surface area contributed by atoms with Gasteiger partial charge in [0.15, 0.2) is 0 Å². The van der Waals surface area contributed by atoms with E-state index in [9.17, 15) is 4.79 Å². The van der Waals surface area contributed by atoms with E-state index in [0.717, 1.165) is 28.2 Å². The molecule has 0 saturated carbocycles. The van der Waals surface area contributed by atoms with Crippen molar-refractivity contribution >= 4 is 17.0 Å². The molecule has 1 aromatic heterocycles. The lowest BCUT2D eigenvalue weighted by Gasteiger charge is -2.12. The fourth-order valence-corrected chi connectivity index (χ4v) is 2.72. The summed E-state index contributed by atoms with van der Waals surface area (Å²) in [5.41, 5.74) is 4.05. The van der Waals surface area contributed by atoms with Crippen LogP contribution in [0.5, 0.6) is 5.75 Å². The first-order valence-electron chi connectivity index (χ1n) is 7.91. The van der Waals surface area contributed by atoms with Crippen molar-refractivity contribution in [2.75, 3.05) is 0 Å². The minimum Gasteiger partial charge on any atom is -0.485 e. The number of benzene rings is 2. The molecular formula is C19H20N2O3. The molecule has 0 spiro atoms. The van der Waals surface area contributed by atoms with Crippen LogP contribution in [-0.4, -0.2) is 20.6 Å². The van der Waals surface area contributed by atoms with Gasteiger partial charge >= 0.3 is 5.97 Å². The number of imidazole rings is 1. The van der Waals surface area contributed by atoms with Crippen LogP contribution in [0.2, 0.25) is 0 Å². The molecule has 2 aromatic carbocycles. The average molecular weight is 324 g/mol. The lowest BCUT2D eigenvalue weighted by atomic mass is 10.1. The highest BCUT2D eigenvalue weighted by Crippen LogP contribution is 2.23. The molecule has 0 radical (unpaired) electrons. The van der Waals surface area contributed by atoms with Crippen molar-refractivity contribution in [1.82, 2.24) is 9.55 Å². The summed E-state index contributed by atoms with van der Waals surface area (Å²) in [5.74, 6) is 0.736. The Bertz CT molecular complexity index is 883. The number of carboxylic acids is 1. The molecule has 0 bridgehead atoms. The summed E-state index contributed by atoms with van der Waals surface area (Å²) in [5, 5.41) is 8.99. The molecule has 3 rings (SSSR count). The molecule has 3 aromatic rings. The summed E-state index contributed by atoms with van der Waals surface area (Å²) in [4.78, 5) is 15.5. The highest BCUT2D eigenvalue weighted by atomic mass is 16.5. The highest BCUT2D eigenvalue weighted by Gasteiger charge is 2.13. The molecule has 0 unspecified atom stereocenters. The van der Waals surface area contributed by atoms with Crippen LogP contribution in [0.1, 0.15) is 23.4 Å². The molecule has 5 heteroatoms. The maximum absolute atomic E-state index is 10.9. The van der Waals surface area contributed by atoms with E-state index in [1.807, 2.05) is 60.9 Å². The van der Waals surface area contributed by atoms with Crippen LogP contribution in [0.3, 0.4) is 0 Å². The topological polar surface area (TPSA) is 64.4 Å². The number of aryl methyl sites for hydroxylation is 2. The number of hydrogen-bond donors (Lipinski definition) is 1. The van der Waals surface area contributed by atoms with Crippen LogP contribution in [0, 0.1) is 13.8 Å². The Labute approximate surface area is 140 Å². The van der Waals surface area contributed by atoms with Gasteiger partial charge in [-0.15, -0.1) is 0 Å². The van der Waals surface area contributed by atoms with Crippen LogP contribution in [-0.2, 0) is 17.9 Å². The first-order valence-corrected chi connectivity index (χ1v) is 7.91. The molecule has 0 aliphatic rings. The van der Waals surface area contributed by atoms with E-state index >= 15 is 0 Å². The van der Waals surface area contributed by atoms with E-state index in [-0.39, 0.29) is 6.42 Å². The van der Waals surface area contributed by atoms with Gasteiger partial charge in [0, 0.05) is 6.54 Å². The third-order valence-electron chi connectivity index (χ3n) is 4.19. The Balaban J connectivity index is 1.89. The second kappa shape index (κ2) is 6.74. The summed E-state index contributed by atoms with van der Waals surface area (Å²) in [6.07, 6.45) is 0.0524. The number of hydrogen-bond acceptors (Lipinski definition) is 3. The summed E-state index contributed by atoms with van der Waals surface area (Å²) >= 11 is 0. The Kier molecular flexibility index (Phi) is 4.51. The third kappa shape index (κ3) is 3.25. The number of aliphatic carboxylic acids is 1. The van der Waals surface area contributed by atoms with E-state index in [1.165, 1.54) is 5.56 Å². The average Bonchev–Trinajstić information content (AvgIpc) is 2.92. The fraction of sp³-hybridized carbons (Fsp3) is 0.263. The van der Waals surface area contributed by atoms with Gasteiger partial charge in [0.05, 0.1) is 17.5 Å². The predicted molar refractivity (Wildman–Crippen MR) is 92.2 cm³/mol. The van der Waals surface area contributed by atoms with Gasteiger partial charge in [0.2, 0.25) is 0 Å². The molecule has 5 nitrogen and oxygen atoms in total. The van der Waals surface area contributed by atoms with Crippen molar-refractivity contribution in [3.8, 4) is 5.75 Å². The Hall–Kier alpha value is -2.82. The number of carboxylic acid groups (broad SMARTS) is 1. The SMILES string of the molecule is Cc1cccc(OCc2nc3ccccc3n2CCC(=O)O)c1C. The molecular weight excluding hydrogens is 304 g/mol. The smallest absolute Gasteiger partial charge is 0.305 e. The summed E-state index contributed by atoms with van der Waals surface area (Å²) in [7, 11) is 0. The fourth-order valence-electron chi connectivity index (χ4n) is 2.72. The molecule has 0 aliphatic carbocycles. The zero-order chi connectivity index (χ0) is 17.1. The van der Waals surface area contributed by atoms with Crippen LogP contribution in [0.15, 0.2) is 42.5 Å². The molecule has 0 fully saturated rings. The normalized spacial score (nSPS) is 10.9. The predicted octanol–water partition coefficient (Wildman–Crippen LogP) is 3.71. The zero-order valence-electron chi connectivity index (χ0n) is 13.8. The summed E-state index contributed by atoms with van der Waals surface area (Å²) < 4.78 is 7.88. The number of ether oxygens (including phenoxy) is 1. The lowest BCUT2D eigenvalue weighted by molar-refractivity contribution is -0.137. The number of aromatic nitrogens is 2. The van der Waals surface area contributed by atoms with Gasteiger partial charge in [0.25, 0.3) is 0 Å². The monoisotopic (exact) mass is 324 g/mol. The van der Waals surface area contributed by atoms with Gasteiger partial charge in [0.1, 0.15) is 18.2 Å². The number of nitrogens with zero attached hydrogens (tertiary/aromatic N) is 2. The van der Waals surface area contributed by atoms with Crippen LogP contribution in [0.4, 0.5) is 0 Å². The maximum atomic E-state index is 10.9. The number of carbonyl (C=O) groups is 1. The molecule has 24 heavy (non-hydrogen) atoms. The second-order valence-corrected chi connectivity index (χ2v) is 5.80. The molecule has 1 N–H and O–H groups in total. The summed E-state index contributed by atoms with van der Waals surface area (Å²) in [6, 6.07) is 13.7. The van der Waals surface area contributed by atoms with Crippen molar-refractivity contribution in [3.63, 3.8) is 0 Å². The molecule has 124 valence electrons. The van der Waals surface area contributed by atoms with E-state index in [1.54, 1.807) is 0 Å². The van der Waals surface area contributed by atoms with E-state index < -0.39 is 5.97 Å². The van der Waals surface area contributed by atoms with Crippen molar-refractivity contribution in [2.45, 2.75) is 33.4 Å². The van der Waals surface area contributed by atoms with E-state index in [4.69, 9.17) is 9.84 Å². The van der Waals surface area contributed by atoms with Crippen molar-refractivity contribution < 1.29 is 14.6 Å². The van der Waals surface area contributed by atoms with Gasteiger partial charge < -0.3 is 14.4 Å². The van der Waals surface area contributed by atoms with E-state index in [0.29, 0.717) is 13.2 Å². The zero-order valence-corrected chi connectivity index (χ0v) is 13.8. The lowest BCUT2D eigenvalue weighted by Crippen LogP contribution is -2.10. The highest BCUT2D eigenvalue weighted by molar-refractivity contribution is 5.76. The maximum Gasteiger partial charge on any atom is 0.305 e. The van der Waals surface area contributed by atoms with Crippen LogP contribution in [0.25, 0.3) is 11.0 Å². The molecule has 0 atom stereocenters. The van der Waals surface area contributed by atoms with Crippen molar-refractivity contribution in [1.29, 1.82) is 0 Å². The molecule has 0 saturated heterocycles. The molecule has 0 aliphatic heterocycles. The van der Waals surface area contributed by atoms with Gasteiger partial charge in [-0.05, 0) is 43.2 Å². The van der Waals surface area contributed by atoms with Gasteiger partial charge in [-0.1, -0.05) is 24.3 Å². The number of rotatable bonds is 6. The summed E-state index contributed by atoms with van der Waals surface area (Å²) in [6.45, 7) is 4.75. The second-order valence-electron chi connectivity index (χ2n) is 5.80. The first kappa shape index (κ1) is 16.1. The standard InChI is InChI=1S/C19H20N2O3/c1-13-6-5-9-17(14(13)2)24-12-18-20-15-7-3-4-8-16(15)21(18)11-10-19(22)23/h3-9H,10-12H2,1-2H3,(H,22,23). The first-order chi connectivity index (χ1) is 11.6. The van der Waals surface area contributed by atoms with Gasteiger partial charge in [-0.3, -0.25) is 4.79 Å². The van der Waals surface area contributed by atoms with Gasteiger partial charge in [-0.2, -0.15) is 0 Å². The van der Waals surface area contributed by atoms with Crippen LogP contribution < -0.4 is 4.74 Å². The van der Waals surface area contributed by atoms with Crippen LogP contribution >= 0.6 is 0 Å². The minimum atomic E-state index is -0.825. The quantitative estimate of drug-likeness (QED) is 0.751. The van der Waals surface area contributed by atoms with Crippen molar-refractivity contribution in [3.05, 3.63) is 59.4 Å². The third-order valence-corrected chi connectivity index (χ3v) is 4.19. The van der Waals surface area contributed by atoms with Crippen molar-refractivity contribution in [2.24, 2.45) is 0 Å². The molecule has 1 heterocycles. The number of fused-ring (bicyclic) bond motifs is 1. The Morgan fingerprint density at radius 2 is 1.96 bits per heavy atom. The largest absolute Gasteiger partial charge is 0.485 e. The molecule has 0 amide bonds. The Morgan fingerprint density at radius 3 is 2.75 bits per heavy atom. The van der Waals surface area contributed by atoms with E-state index in [2.05, 4.69) is 4.98 Å². The minimum absolute atomic E-state index is 0.0524. The number of para-hydroxylation sites is 2. The van der Waals surface area contributed by atoms with Gasteiger partial charge in [-0.25, -0.2) is 4.98 Å². The Morgan fingerprint density at radius 1 is 1.17 bits per heavy atom.